The molecule has 19 heavy (non-hydrogen) atoms. The molecule has 0 atom stereocenters. The van der Waals surface area contributed by atoms with E-state index >= 15 is 0 Å². The van der Waals surface area contributed by atoms with Crippen LogP contribution in [0.3, 0.4) is 0 Å². The van der Waals surface area contributed by atoms with Crippen molar-refractivity contribution in [2.75, 3.05) is 26.6 Å². The molecule has 1 aromatic carbocycles. The van der Waals surface area contributed by atoms with Crippen molar-refractivity contribution in [3.8, 4) is 17.2 Å². The minimum absolute atomic E-state index is 0.600. The Morgan fingerprint density at radius 1 is 1.11 bits per heavy atom. The molecule has 0 radical (unpaired) electrons. The van der Waals surface area contributed by atoms with E-state index in [1.165, 1.54) is 0 Å². The smallest absolute Gasteiger partial charge is 0.203 e. The summed E-state index contributed by atoms with van der Waals surface area (Å²) in [5, 5.41) is 6.03. The fraction of sp³-hybridized carbons (Fsp3) is 0.308. The van der Waals surface area contributed by atoms with Gasteiger partial charge in [-0.05, 0) is 12.1 Å². The lowest BCUT2D eigenvalue weighted by Crippen LogP contribution is -2.03. The van der Waals surface area contributed by atoms with E-state index in [9.17, 15) is 0 Å². The van der Waals surface area contributed by atoms with Gasteiger partial charge in [0.15, 0.2) is 16.6 Å². The van der Waals surface area contributed by atoms with Crippen LogP contribution in [0.15, 0.2) is 23.7 Å². The van der Waals surface area contributed by atoms with Crippen LogP contribution < -0.4 is 19.5 Å². The number of nitrogens with zero attached hydrogens (tertiary/aromatic N) is 1. The van der Waals surface area contributed by atoms with Crippen molar-refractivity contribution in [1.82, 2.24) is 4.98 Å². The minimum Gasteiger partial charge on any atom is -0.493 e. The zero-order valence-electron chi connectivity index (χ0n) is 11.1. The Kier molecular flexibility index (Phi) is 4.46. The van der Waals surface area contributed by atoms with E-state index in [1.807, 2.05) is 17.5 Å². The molecule has 1 N–H and O–H groups in total. The van der Waals surface area contributed by atoms with Gasteiger partial charge >= 0.3 is 0 Å². The van der Waals surface area contributed by atoms with Gasteiger partial charge in [0, 0.05) is 23.7 Å². The lowest BCUT2D eigenvalue weighted by Gasteiger charge is -2.15. The minimum atomic E-state index is 0.600. The number of hydrogen-bond acceptors (Lipinski definition) is 6. The van der Waals surface area contributed by atoms with Crippen molar-refractivity contribution < 1.29 is 14.2 Å². The second-order valence-corrected chi connectivity index (χ2v) is 4.58. The molecule has 102 valence electrons. The van der Waals surface area contributed by atoms with Gasteiger partial charge in [0.25, 0.3) is 0 Å². The molecule has 1 aromatic heterocycles. The molecule has 0 aliphatic rings. The van der Waals surface area contributed by atoms with Crippen molar-refractivity contribution in [2.45, 2.75) is 6.54 Å². The third-order valence-corrected chi connectivity index (χ3v) is 3.38. The highest BCUT2D eigenvalue weighted by atomic mass is 32.1. The molecule has 2 aromatic rings. The van der Waals surface area contributed by atoms with Crippen molar-refractivity contribution in [2.24, 2.45) is 0 Å². The Morgan fingerprint density at radius 3 is 2.47 bits per heavy atom. The van der Waals surface area contributed by atoms with Gasteiger partial charge in [-0.2, -0.15) is 0 Å². The SMILES string of the molecule is COc1ccc(CNc2nccs2)c(OC)c1OC. The summed E-state index contributed by atoms with van der Waals surface area (Å²) in [4.78, 5) is 4.17. The Labute approximate surface area is 116 Å². The monoisotopic (exact) mass is 280 g/mol. The first-order valence-electron chi connectivity index (χ1n) is 5.71. The van der Waals surface area contributed by atoms with Crippen LogP contribution in [0.1, 0.15) is 5.56 Å². The van der Waals surface area contributed by atoms with Gasteiger partial charge in [-0.25, -0.2) is 4.98 Å². The fourth-order valence-corrected chi connectivity index (χ4v) is 2.31. The molecule has 0 unspecified atom stereocenters. The van der Waals surface area contributed by atoms with Gasteiger partial charge < -0.3 is 19.5 Å². The first-order chi connectivity index (χ1) is 9.30. The maximum absolute atomic E-state index is 5.42. The van der Waals surface area contributed by atoms with E-state index < -0.39 is 0 Å². The summed E-state index contributed by atoms with van der Waals surface area (Å²) in [6.07, 6.45) is 1.76. The molecule has 0 aliphatic heterocycles. The van der Waals surface area contributed by atoms with E-state index in [0.717, 1.165) is 10.7 Å². The Bertz CT molecular complexity index is 529. The molecule has 0 bridgehead atoms. The van der Waals surface area contributed by atoms with Gasteiger partial charge in [0.1, 0.15) is 0 Å². The summed E-state index contributed by atoms with van der Waals surface area (Å²) in [5.74, 6) is 1.92. The topological polar surface area (TPSA) is 52.6 Å². The zero-order valence-corrected chi connectivity index (χ0v) is 11.9. The number of anilines is 1. The van der Waals surface area contributed by atoms with Crippen molar-refractivity contribution in [3.63, 3.8) is 0 Å². The summed E-state index contributed by atoms with van der Waals surface area (Å²) in [6, 6.07) is 3.81. The van der Waals surface area contributed by atoms with Gasteiger partial charge in [-0.1, -0.05) is 0 Å². The number of rotatable bonds is 6. The van der Waals surface area contributed by atoms with Gasteiger partial charge in [0.05, 0.1) is 21.3 Å². The van der Waals surface area contributed by atoms with Crippen molar-refractivity contribution in [3.05, 3.63) is 29.3 Å². The first-order valence-corrected chi connectivity index (χ1v) is 6.59. The fourth-order valence-electron chi connectivity index (χ4n) is 1.78. The quantitative estimate of drug-likeness (QED) is 0.881. The number of aromatic nitrogens is 1. The largest absolute Gasteiger partial charge is 0.493 e. The second kappa shape index (κ2) is 6.29. The highest BCUT2D eigenvalue weighted by Gasteiger charge is 2.15. The Morgan fingerprint density at radius 2 is 1.89 bits per heavy atom. The Balaban J connectivity index is 2.24. The van der Waals surface area contributed by atoms with Crippen LogP contribution in [0.25, 0.3) is 0 Å². The molecule has 0 saturated heterocycles. The maximum atomic E-state index is 5.42. The number of thiazole rings is 1. The predicted octanol–water partition coefficient (Wildman–Crippen LogP) is 2.78. The van der Waals surface area contributed by atoms with Crippen molar-refractivity contribution >= 4 is 16.5 Å². The summed E-state index contributed by atoms with van der Waals surface area (Å²) in [6.45, 7) is 0.608. The summed E-state index contributed by atoms with van der Waals surface area (Å²) >= 11 is 1.55. The second-order valence-electron chi connectivity index (χ2n) is 3.68. The van der Waals surface area contributed by atoms with Crippen LogP contribution in [-0.4, -0.2) is 26.3 Å². The van der Waals surface area contributed by atoms with Crippen LogP contribution in [0.5, 0.6) is 17.2 Å². The number of hydrogen-bond donors (Lipinski definition) is 1. The summed E-state index contributed by atoms with van der Waals surface area (Å²) in [5.41, 5.74) is 0.982. The number of nitrogens with one attached hydrogen (secondary N) is 1. The standard InChI is InChI=1S/C13H16N2O3S/c1-16-10-5-4-9(11(17-2)12(10)18-3)8-15-13-14-6-7-19-13/h4-7H,8H2,1-3H3,(H,14,15). The van der Waals surface area contributed by atoms with Crippen LogP contribution in [0, 0.1) is 0 Å². The normalized spacial score (nSPS) is 10.1. The lowest BCUT2D eigenvalue weighted by atomic mass is 10.1. The summed E-state index contributed by atoms with van der Waals surface area (Å²) in [7, 11) is 4.81. The van der Waals surface area contributed by atoms with Crippen LogP contribution in [0.4, 0.5) is 5.13 Å². The molecule has 1 heterocycles. The molecule has 2 rings (SSSR count). The van der Waals surface area contributed by atoms with Crippen LogP contribution >= 0.6 is 11.3 Å². The van der Waals surface area contributed by atoms with Gasteiger partial charge in [0.2, 0.25) is 5.75 Å². The molecule has 6 heteroatoms. The number of ether oxygens (including phenoxy) is 3. The molecule has 0 aliphatic carbocycles. The number of methoxy groups -OCH3 is 3. The maximum Gasteiger partial charge on any atom is 0.203 e. The first kappa shape index (κ1) is 13.5. The molecular weight excluding hydrogens is 264 g/mol. The molecular formula is C13H16N2O3S. The zero-order chi connectivity index (χ0) is 13.7. The Hall–Kier alpha value is -1.95. The predicted molar refractivity (Wildman–Crippen MR) is 75.5 cm³/mol. The highest BCUT2D eigenvalue weighted by molar-refractivity contribution is 7.13. The van der Waals surface area contributed by atoms with Crippen LogP contribution in [0.2, 0.25) is 0 Å². The van der Waals surface area contributed by atoms with E-state index in [1.54, 1.807) is 38.9 Å². The van der Waals surface area contributed by atoms with E-state index in [0.29, 0.717) is 23.8 Å². The molecule has 0 saturated carbocycles. The average molecular weight is 280 g/mol. The molecule has 0 fully saturated rings. The third kappa shape index (κ3) is 2.90. The lowest BCUT2D eigenvalue weighted by molar-refractivity contribution is 0.322. The van der Waals surface area contributed by atoms with Crippen molar-refractivity contribution in [1.29, 1.82) is 0 Å². The third-order valence-electron chi connectivity index (χ3n) is 2.65. The highest BCUT2D eigenvalue weighted by Crippen LogP contribution is 2.39. The van der Waals surface area contributed by atoms with Gasteiger partial charge in [-0.15, -0.1) is 11.3 Å². The van der Waals surface area contributed by atoms with Gasteiger partial charge in [-0.3, -0.25) is 0 Å². The summed E-state index contributed by atoms with van der Waals surface area (Å²) < 4.78 is 16.0. The van der Waals surface area contributed by atoms with E-state index in [4.69, 9.17) is 14.2 Å². The van der Waals surface area contributed by atoms with E-state index in [2.05, 4.69) is 10.3 Å². The number of benzene rings is 1. The molecule has 0 amide bonds. The van der Waals surface area contributed by atoms with E-state index in [-0.39, 0.29) is 0 Å². The molecule has 0 spiro atoms. The molecule has 5 nitrogen and oxygen atoms in total. The average Bonchev–Trinajstić information content (AvgIpc) is 2.96. The van der Waals surface area contributed by atoms with Crippen LogP contribution in [-0.2, 0) is 6.54 Å².